The Morgan fingerprint density at radius 1 is 0.769 bits per heavy atom. The molecule has 1 saturated heterocycles. The molecule has 5 rings (SSSR count). The van der Waals surface area contributed by atoms with Gasteiger partial charge in [0.15, 0.2) is 5.82 Å². The van der Waals surface area contributed by atoms with Gasteiger partial charge in [-0.25, -0.2) is 0 Å². The number of anilines is 1. The van der Waals surface area contributed by atoms with E-state index in [1.807, 2.05) is 90.7 Å². The zero-order valence-corrected chi connectivity index (χ0v) is 22.5. The van der Waals surface area contributed by atoms with E-state index < -0.39 is 0 Å². The largest absolute Gasteiger partial charge is 0.352 e. The number of benzene rings is 3. The minimum absolute atomic E-state index is 0.0348. The lowest BCUT2D eigenvalue weighted by atomic mass is 10.1. The zero-order valence-electron chi connectivity index (χ0n) is 22.5. The summed E-state index contributed by atoms with van der Waals surface area (Å²) in [5.74, 6) is 0.625. The van der Waals surface area contributed by atoms with Gasteiger partial charge in [-0.05, 0) is 43.2 Å². The molecule has 3 aromatic carbocycles. The quantitative estimate of drug-likeness (QED) is 0.352. The van der Waals surface area contributed by atoms with Gasteiger partial charge in [-0.3, -0.25) is 9.59 Å². The third-order valence-corrected chi connectivity index (χ3v) is 7.16. The lowest BCUT2D eigenvalue weighted by molar-refractivity contribution is -0.132. The summed E-state index contributed by atoms with van der Waals surface area (Å²) in [5, 5.41) is 8.88. The van der Waals surface area contributed by atoms with Crippen LogP contribution in [0.15, 0.2) is 91.0 Å². The Morgan fingerprint density at radius 2 is 1.46 bits per heavy atom. The van der Waals surface area contributed by atoms with E-state index in [1.54, 1.807) is 4.90 Å². The molecule has 0 N–H and O–H groups in total. The summed E-state index contributed by atoms with van der Waals surface area (Å²) in [6.07, 6.45) is 0. The Hall–Kier alpha value is -4.52. The molecular weight excluding hydrogens is 486 g/mol. The molecule has 2 heterocycles. The van der Waals surface area contributed by atoms with Crippen LogP contribution in [0.1, 0.15) is 27.0 Å². The number of piperazine rings is 1. The average molecular weight is 520 g/mol. The van der Waals surface area contributed by atoms with Crippen LogP contribution in [-0.4, -0.2) is 64.5 Å². The molecule has 0 radical (unpaired) electrons. The molecule has 0 aliphatic carbocycles. The Morgan fingerprint density at radius 3 is 2.13 bits per heavy atom. The molecule has 0 saturated carbocycles. The highest BCUT2D eigenvalue weighted by Gasteiger charge is 2.26. The molecule has 0 bridgehead atoms. The smallest absolute Gasteiger partial charge is 0.254 e. The van der Waals surface area contributed by atoms with Gasteiger partial charge in [0, 0.05) is 43.9 Å². The second-order valence-corrected chi connectivity index (χ2v) is 9.97. The minimum Gasteiger partial charge on any atom is -0.352 e. The van der Waals surface area contributed by atoms with Crippen molar-refractivity contribution in [1.29, 1.82) is 0 Å². The van der Waals surface area contributed by atoms with Crippen molar-refractivity contribution >= 4 is 17.6 Å². The number of carbonyl (C=O) groups is 2. The number of nitrogens with zero attached hydrogens (tertiary/aromatic N) is 5. The Kier molecular flexibility index (Phi) is 7.96. The number of aryl methyl sites for hydroxylation is 2. The predicted octanol–water partition coefficient (Wildman–Crippen LogP) is 4.75. The highest BCUT2D eigenvalue weighted by atomic mass is 16.2. The second-order valence-electron chi connectivity index (χ2n) is 9.97. The summed E-state index contributed by atoms with van der Waals surface area (Å²) in [6.45, 7) is 6.85. The third kappa shape index (κ3) is 6.32. The Balaban J connectivity index is 1.22. The summed E-state index contributed by atoms with van der Waals surface area (Å²) in [6, 6.07) is 29.5. The van der Waals surface area contributed by atoms with Gasteiger partial charge in [0.1, 0.15) is 6.54 Å². The van der Waals surface area contributed by atoms with Crippen LogP contribution >= 0.6 is 0 Å². The van der Waals surface area contributed by atoms with Gasteiger partial charge in [-0.15, -0.1) is 10.2 Å². The molecule has 7 heteroatoms. The highest BCUT2D eigenvalue weighted by Crippen LogP contribution is 2.20. The molecule has 4 aromatic rings. The van der Waals surface area contributed by atoms with Crippen LogP contribution < -0.4 is 4.90 Å². The van der Waals surface area contributed by atoms with Crippen molar-refractivity contribution in [2.45, 2.75) is 20.4 Å². The van der Waals surface area contributed by atoms with E-state index in [4.69, 9.17) is 0 Å². The molecule has 0 unspecified atom stereocenters. The van der Waals surface area contributed by atoms with Crippen LogP contribution in [0, 0.1) is 13.8 Å². The van der Waals surface area contributed by atoms with Crippen LogP contribution in [0.25, 0.3) is 11.3 Å². The molecule has 39 heavy (non-hydrogen) atoms. The van der Waals surface area contributed by atoms with Crippen molar-refractivity contribution in [1.82, 2.24) is 20.0 Å². The first-order valence-electron chi connectivity index (χ1n) is 13.3. The number of carbonyl (C=O) groups excluding carboxylic acids is 2. The average Bonchev–Trinajstić information content (AvgIpc) is 2.98. The first kappa shape index (κ1) is 26.1. The molecule has 0 atom stereocenters. The van der Waals surface area contributed by atoms with E-state index >= 15 is 0 Å². The summed E-state index contributed by atoms with van der Waals surface area (Å²) in [4.78, 5) is 32.5. The number of hydrogen-bond donors (Lipinski definition) is 0. The molecule has 0 spiro atoms. The van der Waals surface area contributed by atoms with E-state index in [2.05, 4.69) is 34.2 Å². The number of rotatable bonds is 7. The molecule has 1 aliphatic heterocycles. The van der Waals surface area contributed by atoms with E-state index in [1.165, 1.54) is 5.56 Å². The van der Waals surface area contributed by atoms with Crippen molar-refractivity contribution in [2.75, 3.05) is 37.6 Å². The fourth-order valence-corrected chi connectivity index (χ4v) is 4.81. The van der Waals surface area contributed by atoms with Crippen molar-refractivity contribution in [3.05, 3.63) is 113 Å². The highest BCUT2D eigenvalue weighted by molar-refractivity contribution is 5.97. The maximum atomic E-state index is 13.5. The lowest BCUT2D eigenvalue weighted by Crippen LogP contribution is -2.52. The third-order valence-electron chi connectivity index (χ3n) is 7.16. The van der Waals surface area contributed by atoms with Crippen molar-refractivity contribution in [3.8, 4) is 11.3 Å². The molecule has 198 valence electrons. The van der Waals surface area contributed by atoms with Gasteiger partial charge in [0.2, 0.25) is 5.91 Å². The summed E-state index contributed by atoms with van der Waals surface area (Å²) >= 11 is 0. The number of aromatic nitrogens is 2. The Bertz CT molecular complexity index is 1410. The fourth-order valence-electron chi connectivity index (χ4n) is 4.81. The first-order valence-corrected chi connectivity index (χ1v) is 13.3. The van der Waals surface area contributed by atoms with Crippen LogP contribution in [0.4, 0.5) is 5.82 Å². The maximum absolute atomic E-state index is 13.5. The van der Waals surface area contributed by atoms with E-state index in [9.17, 15) is 9.59 Å². The number of amides is 2. The molecule has 7 nitrogen and oxygen atoms in total. The Labute approximate surface area is 229 Å². The maximum Gasteiger partial charge on any atom is 0.254 e. The van der Waals surface area contributed by atoms with Crippen LogP contribution in [-0.2, 0) is 11.3 Å². The fraction of sp³-hybridized carbons (Fsp3) is 0.250. The van der Waals surface area contributed by atoms with Gasteiger partial charge in [0.05, 0.1) is 5.69 Å². The van der Waals surface area contributed by atoms with Gasteiger partial charge in [-0.2, -0.15) is 0 Å². The standard InChI is InChI=1S/C32H33N5O2/c1-24-12-14-27(15-13-24)29-16-17-30(34-33-29)35-18-20-36(21-19-35)31(38)23-37(22-26-9-4-3-5-10-26)32(39)28-11-7-6-8-25(28)2/h3-17H,18-23H2,1-2H3. The number of hydrogen-bond acceptors (Lipinski definition) is 5. The topological polar surface area (TPSA) is 69.6 Å². The first-order chi connectivity index (χ1) is 19.0. The summed E-state index contributed by atoms with van der Waals surface area (Å²) in [7, 11) is 0. The van der Waals surface area contributed by atoms with Crippen molar-refractivity contribution in [2.24, 2.45) is 0 Å². The lowest BCUT2D eigenvalue weighted by Gasteiger charge is -2.36. The van der Waals surface area contributed by atoms with Gasteiger partial charge < -0.3 is 14.7 Å². The van der Waals surface area contributed by atoms with Gasteiger partial charge in [0.25, 0.3) is 5.91 Å². The molecule has 1 fully saturated rings. The van der Waals surface area contributed by atoms with Crippen LogP contribution in [0.3, 0.4) is 0 Å². The summed E-state index contributed by atoms with van der Waals surface area (Å²) < 4.78 is 0. The monoisotopic (exact) mass is 519 g/mol. The summed E-state index contributed by atoms with van der Waals surface area (Å²) in [5.41, 5.74) is 5.60. The van der Waals surface area contributed by atoms with Gasteiger partial charge >= 0.3 is 0 Å². The molecular formula is C32H33N5O2. The van der Waals surface area contributed by atoms with E-state index in [-0.39, 0.29) is 18.4 Å². The SMILES string of the molecule is Cc1ccc(-c2ccc(N3CCN(C(=O)CN(Cc4ccccc4)C(=O)c4ccccc4C)CC3)nn2)cc1. The zero-order chi connectivity index (χ0) is 27.2. The van der Waals surface area contributed by atoms with Crippen molar-refractivity contribution < 1.29 is 9.59 Å². The van der Waals surface area contributed by atoms with Gasteiger partial charge in [-0.1, -0.05) is 78.4 Å². The molecule has 2 amide bonds. The van der Waals surface area contributed by atoms with Crippen LogP contribution in [0.2, 0.25) is 0 Å². The van der Waals surface area contributed by atoms with Crippen molar-refractivity contribution in [3.63, 3.8) is 0 Å². The second kappa shape index (κ2) is 11.9. The minimum atomic E-state index is -0.132. The van der Waals surface area contributed by atoms with Crippen LogP contribution in [0.5, 0.6) is 0 Å². The van der Waals surface area contributed by atoms with E-state index in [0.29, 0.717) is 38.3 Å². The van der Waals surface area contributed by atoms with E-state index in [0.717, 1.165) is 28.2 Å². The predicted molar refractivity (Wildman–Crippen MR) is 153 cm³/mol. The molecule has 1 aliphatic rings. The normalized spacial score (nSPS) is 13.3. The molecule has 1 aromatic heterocycles.